The molecule has 5 rings (SSSR count). The SMILES string of the molecule is Cc1ccc(Nc2c[nH]c(=O)c3c2C2CCC3CC2)cc1Cl. The van der Waals surface area contributed by atoms with E-state index in [2.05, 4.69) is 10.3 Å². The van der Waals surface area contributed by atoms with Crippen LogP contribution in [0.15, 0.2) is 29.2 Å². The van der Waals surface area contributed by atoms with Gasteiger partial charge in [0.05, 0.1) is 5.69 Å². The molecule has 3 nitrogen and oxygen atoms in total. The second-order valence-corrected chi connectivity index (χ2v) is 6.90. The van der Waals surface area contributed by atoms with E-state index >= 15 is 0 Å². The standard InChI is InChI=1S/C18H19ClN2O/c1-10-2-7-13(8-14(10)19)21-15-9-20-18(22)17-12-5-3-11(4-6-12)16(15)17/h2,7-9,11-12,21H,3-6H2,1H3,(H,20,22). The first-order chi connectivity index (χ1) is 10.6. The van der Waals surface area contributed by atoms with Crippen LogP contribution in [0.25, 0.3) is 0 Å². The molecular weight excluding hydrogens is 296 g/mol. The first-order valence-corrected chi connectivity index (χ1v) is 8.30. The van der Waals surface area contributed by atoms with Crippen LogP contribution in [0.3, 0.4) is 0 Å². The van der Waals surface area contributed by atoms with Crippen molar-refractivity contribution >= 4 is 23.0 Å². The van der Waals surface area contributed by atoms with Gasteiger partial charge < -0.3 is 10.3 Å². The average Bonchev–Trinajstić information content (AvgIpc) is 2.54. The predicted octanol–water partition coefficient (Wildman–Crippen LogP) is 4.84. The lowest BCUT2D eigenvalue weighted by molar-refractivity contribution is 0.356. The van der Waals surface area contributed by atoms with E-state index in [1.165, 1.54) is 18.4 Å². The predicted molar refractivity (Wildman–Crippen MR) is 90.5 cm³/mol. The van der Waals surface area contributed by atoms with Gasteiger partial charge in [0.25, 0.3) is 5.56 Å². The topological polar surface area (TPSA) is 44.9 Å². The van der Waals surface area contributed by atoms with Crippen molar-refractivity contribution in [2.24, 2.45) is 0 Å². The lowest BCUT2D eigenvalue weighted by atomic mass is 9.67. The van der Waals surface area contributed by atoms with Crippen molar-refractivity contribution in [1.82, 2.24) is 4.98 Å². The number of hydrogen-bond donors (Lipinski definition) is 2. The normalized spacial score (nSPS) is 22.5. The van der Waals surface area contributed by atoms with Crippen molar-refractivity contribution in [3.05, 3.63) is 56.5 Å². The fraction of sp³-hybridized carbons (Fsp3) is 0.389. The number of H-pyrrole nitrogens is 1. The van der Waals surface area contributed by atoms with E-state index in [-0.39, 0.29) is 5.56 Å². The van der Waals surface area contributed by atoms with Crippen molar-refractivity contribution in [2.75, 3.05) is 5.32 Å². The molecule has 1 saturated carbocycles. The number of aryl methyl sites for hydroxylation is 1. The summed E-state index contributed by atoms with van der Waals surface area (Å²) in [5.41, 5.74) is 5.41. The van der Waals surface area contributed by atoms with E-state index in [1.807, 2.05) is 31.3 Å². The number of benzene rings is 1. The zero-order chi connectivity index (χ0) is 15.3. The molecule has 0 unspecified atom stereocenters. The van der Waals surface area contributed by atoms with Crippen molar-refractivity contribution in [2.45, 2.75) is 44.4 Å². The molecular formula is C18H19ClN2O. The second-order valence-electron chi connectivity index (χ2n) is 6.50. The Kier molecular flexibility index (Phi) is 3.26. The molecule has 3 aliphatic rings. The zero-order valence-electron chi connectivity index (χ0n) is 12.6. The van der Waals surface area contributed by atoms with Gasteiger partial charge in [0.1, 0.15) is 0 Å². The molecule has 1 aromatic carbocycles. The molecule has 3 aliphatic carbocycles. The molecule has 0 amide bonds. The number of aromatic nitrogens is 1. The van der Waals surface area contributed by atoms with Crippen LogP contribution in [-0.2, 0) is 0 Å². The van der Waals surface area contributed by atoms with E-state index in [4.69, 9.17) is 11.6 Å². The Hall–Kier alpha value is -1.74. The Bertz CT molecular complexity index is 788. The van der Waals surface area contributed by atoms with Gasteiger partial charge in [0, 0.05) is 22.5 Å². The Morgan fingerprint density at radius 3 is 2.50 bits per heavy atom. The van der Waals surface area contributed by atoms with Gasteiger partial charge >= 0.3 is 0 Å². The number of aromatic amines is 1. The van der Waals surface area contributed by atoms with Gasteiger partial charge in [-0.15, -0.1) is 0 Å². The van der Waals surface area contributed by atoms with Gasteiger partial charge in [-0.25, -0.2) is 0 Å². The fourth-order valence-electron chi connectivity index (χ4n) is 4.01. The Morgan fingerprint density at radius 1 is 1.14 bits per heavy atom. The molecule has 1 heterocycles. The summed E-state index contributed by atoms with van der Waals surface area (Å²) < 4.78 is 0. The van der Waals surface area contributed by atoms with Crippen LogP contribution in [-0.4, -0.2) is 4.98 Å². The molecule has 0 atom stereocenters. The number of anilines is 2. The third-order valence-corrected chi connectivity index (χ3v) is 5.57. The van der Waals surface area contributed by atoms with Crippen LogP contribution < -0.4 is 10.9 Å². The molecule has 2 bridgehead atoms. The number of nitrogens with one attached hydrogen (secondary N) is 2. The van der Waals surface area contributed by atoms with E-state index < -0.39 is 0 Å². The lowest BCUT2D eigenvalue weighted by Crippen LogP contribution is -2.30. The van der Waals surface area contributed by atoms with Crippen molar-refractivity contribution in [1.29, 1.82) is 0 Å². The maximum absolute atomic E-state index is 12.3. The summed E-state index contributed by atoms with van der Waals surface area (Å²) in [7, 11) is 0. The zero-order valence-corrected chi connectivity index (χ0v) is 13.3. The van der Waals surface area contributed by atoms with Crippen molar-refractivity contribution in [3.8, 4) is 0 Å². The van der Waals surface area contributed by atoms with Crippen LogP contribution in [0.4, 0.5) is 11.4 Å². The van der Waals surface area contributed by atoms with Gasteiger partial charge in [0.2, 0.25) is 0 Å². The minimum atomic E-state index is 0.0943. The number of pyridine rings is 1. The molecule has 2 aromatic rings. The molecule has 0 aliphatic heterocycles. The molecule has 1 fully saturated rings. The number of hydrogen-bond acceptors (Lipinski definition) is 2. The first kappa shape index (κ1) is 13.9. The molecule has 0 radical (unpaired) electrons. The third kappa shape index (κ3) is 2.15. The van der Waals surface area contributed by atoms with Crippen LogP contribution >= 0.6 is 11.6 Å². The lowest BCUT2D eigenvalue weighted by Gasteiger charge is -2.38. The highest BCUT2D eigenvalue weighted by molar-refractivity contribution is 6.31. The summed E-state index contributed by atoms with van der Waals surface area (Å²) in [6.07, 6.45) is 6.52. The van der Waals surface area contributed by atoms with Crippen molar-refractivity contribution in [3.63, 3.8) is 0 Å². The summed E-state index contributed by atoms with van der Waals surface area (Å²) in [4.78, 5) is 15.2. The Morgan fingerprint density at radius 2 is 1.82 bits per heavy atom. The molecule has 1 aromatic heterocycles. The monoisotopic (exact) mass is 314 g/mol. The van der Waals surface area contributed by atoms with Gasteiger partial charge in [0.15, 0.2) is 0 Å². The van der Waals surface area contributed by atoms with E-state index in [0.29, 0.717) is 11.8 Å². The van der Waals surface area contributed by atoms with Crippen molar-refractivity contribution < 1.29 is 0 Å². The van der Waals surface area contributed by atoms with Crippen LogP contribution in [0.5, 0.6) is 0 Å². The van der Waals surface area contributed by atoms with E-state index in [1.54, 1.807) is 0 Å². The summed E-state index contributed by atoms with van der Waals surface area (Å²) in [6, 6.07) is 5.98. The van der Waals surface area contributed by atoms with Crippen LogP contribution in [0, 0.1) is 6.92 Å². The summed E-state index contributed by atoms with van der Waals surface area (Å²) in [5.74, 6) is 0.956. The van der Waals surface area contributed by atoms with Crippen LogP contribution in [0.1, 0.15) is 54.2 Å². The highest BCUT2D eigenvalue weighted by Crippen LogP contribution is 2.50. The smallest absolute Gasteiger partial charge is 0.251 e. The fourth-order valence-corrected chi connectivity index (χ4v) is 4.19. The van der Waals surface area contributed by atoms with Gasteiger partial charge in [-0.1, -0.05) is 17.7 Å². The summed E-state index contributed by atoms with van der Waals surface area (Å²) in [6.45, 7) is 1.99. The van der Waals surface area contributed by atoms with Gasteiger partial charge in [-0.3, -0.25) is 4.79 Å². The largest absolute Gasteiger partial charge is 0.354 e. The summed E-state index contributed by atoms with van der Waals surface area (Å²) in [5, 5.41) is 4.21. The average molecular weight is 315 g/mol. The Labute approximate surface area is 134 Å². The number of halogens is 1. The third-order valence-electron chi connectivity index (χ3n) is 5.17. The molecule has 22 heavy (non-hydrogen) atoms. The second kappa shape index (κ2) is 5.17. The number of fused-ring (bicyclic) bond motifs is 2. The minimum absolute atomic E-state index is 0.0943. The number of rotatable bonds is 2. The summed E-state index contributed by atoms with van der Waals surface area (Å²) >= 11 is 6.21. The molecule has 114 valence electrons. The van der Waals surface area contributed by atoms with E-state index in [0.717, 1.165) is 40.4 Å². The van der Waals surface area contributed by atoms with Crippen LogP contribution in [0.2, 0.25) is 5.02 Å². The highest BCUT2D eigenvalue weighted by Gasteiger charge is 2.36. The molecule has 2 N–H and O–H groups in total. The van der Waals surface area contributed by atoms with E-state index in [9.17, 15) is 4.79 Å². The maximum Gasteiger partial charge on any atom is 0.251 e. The minimum Gasteiger partial charge on any atom is -0.354 e. The molecule has 0 saturated heterocycles. The van der Waals surface area contributed by atoms with Gasteiger partial charge in [-0.05, 0) is 67.7 Å². The molecule has 0 spiro atoms. The first-order valence-electron chi connectivity index (χ1n) is 7.92. The molecule has 4 heteroatoms. The maximum atomic E-state index is 12.3. The Balaban J connectivity index is 1.78. The quantitative estimate of drug-likeness (QED) is 0.833. The van der Waals surface area contributed by atoms with Gasteiger partial charge in [-0.2, -0.15) is 0 Å². The highest BCUT2D eigenvalue weighted by atomic mass is 35.5.